The van der Waals surface area contributed by atoms with Gasteiger partial charge in [0.15, 0.2) is 0 Å². The van der Waals surface area contributed by atoms with Crippen LogP contribution in [0, 0.1) is 12.7 Å². The topological polar surface area (TPSA) is 12.0 Å². The monoisotopic (exact) mass is 277 g/mol. The molecular weight excluding hydrogens is 261 g/mol. The Balaban J connectivity index is 2.51. The molecule has 0 fully saturated rings. The molecule has 1 N–H and O–H groups in total. The molecule has 0 aliphatic rings. The average molecular weight is 278 g/mol. The lowest BCUT2D eigenvalue weighted by atomic mass is 9.95. The van der Waals surface area contributed by atoms with E-state index in [4.69, 9.17) is 11.6 Å². The first-order chi connectivity index (χ1) is 9.13. The fourth-order valence-corrected chi connectivity index (χ4v) is 2.46. The number of benzene rings is 2. The van der Waals surface area contributed by atoms with Crippen LogP contribution in [-0.4, -0.2) is 6.54 Å². The number of halogens is 2. The highest BCUT2D eigenvalue weighted by Crippen LogP contribution is 2.30. The largest absolute Gasteiger partial charge is 0.306 e. The van der Waals surface area contributed by atoms with Gasteiger partial charge in [-0.3, -0.25) is 0 Å². The summed E-state index contributed by atoms with van der Waals surface area (Å²) in [4.78, 5) is 0. The smallest absolute Gasteiger partial charge is 0.123 e. The summed E-state index contributed by atoms with van der Waals surface area (Å²) in [5.74, 6) is -0.268. The molecule has 2 rings (SSSR count). The van der Waals surface area contributed by atoms with E-state index in [1.807, 2.05) is 38.1 Å². The Labute approximate surface area is 118 Å². The highest BCUT2D eigenvalue weighted by Gasteiger charge is 2.18. The summed E-state index contributed by atoms with van der Waals surface area (Å²) >= 11 is 6.22. The summed E-state index contributed by atoms with van der Waals surface area (Å²) < 4.78 is 13.5. The van der Waals surface area contributed by atoms with Crippen LogP contribution >= 0.6 is 11.6 Å². The van der Waals surface area contributed by atoms with E-state index >= 15 is 0 Å². The molecule has 1 nitrogen and oxygen atoms in total. The van der Waals surface area contributed by atoms with E-state index in [0.29, 0.717) is 5.02 Å². The van der Waals surface area contributed by atoms with Crippen molar-refractivity contribution in [3.8, 4) is 0 Å². The molecule has 0 heterocycles. The highest BCUT2D eigenvalue weighted by atomic mass is 35.5. The molecule has 3 heteroatoms. The molecule has 19 heavy (non-hydrogen) atoms. The maximum Gasteiger partial charge on any atom is 0.123 e. The number of hydrogen-bond donors (Lipinski definition) is 1. The zero-order chi connectivity index (χ0) is 13.8. The Bertz CT molecular complexity index is 568. The van der Waals surface area contributed by atoms with Crippen LogP contribution in [0.25, 0.3) is 0 Å². The minimum atomic E-state index is -0.268. The minimum absolute atomic E-state index is 0.0885. The van der Waals surface area contributed by atoms with E-state index < -0.39 is 0 Å². The van der Waals surface area contributed by atoms with Crippen LogP contribution in [-0.2, 0) is 0 Å². The van der Waals surface area contributed by atoms with Crippen molar-refractivity contribution in [3.63, 3.8) is 0 Å². The van der Waals surface area contributed by atoms with E-state index in [1.54, 1.807) is 6.07 Å². The second-order valence-corrected chi connectivity index (χ2v) is 4.92. The predicted octanol–water partition coefficient (Wildman–Crippen LogP) is 4.49. The van der Waals surface area contributed by atoms with Gasteiger partial charge >= 0.3 is 0 Å². The molecule has 0 radical (unpaired) electrons. The van der Waals surface area contributed by atoms with E-state index in [9.17, 15) is 4.39 Å². The Morgan fingerprint density at radius 2 is 1.89 bits per heavy atom. The van der Waals surface area contributed by atoms with Crippen LogP contribution < -0.4 is 5.32 Å². The van der Waals surface area contributed by atoms with Gasteiger partial charge in [0.2, 0.25) is 0 Å². The van der Waals surface area contributed by atoms with E-state index in [-0.39, 0.29) is 11.9 Å². The summed E-state index contributed by atoms with van der Waals surface area (Å²) in [6.45, 7) is 4.86. The van der Waals surface area contributed by atoms with Crippen LogP contribution in [0.15, 0.2) is 42.5 Å². The first-order valence-electron chi connectivity index (χ1n) is 6.37. The van der Waals surface area contributed by atoms with Gasteiger partial charge in [0.25, 0.3) is 0 Å². The van der Waals surface area contributed by atoms with Crippen LogP contribution in [0.5, 0.6) is 0 Å². The molecular formula is C16H17ClFN. The molecule has 1 unspecified atom stereocenters. The second kappa shape index (κ2) is 6.18. The van der Waals surface area contributed by atoms with Gasteiger partial charge in [0.05, 0.1) is 6.04 Å². The van der Waals surface area contributed by atoms with Crippen molar-refractivity contribution < 1.29 is 4.39 Å². The van der Waals surface area contributed by atoms with Gasteiger partial charge < -0.3 is 5.32 Å². The number of aryl methyl sites for hydroxylation is 1. The first kappa shape index (κ1) is 14.0. The number of nitrogens with one attached hydrogen (secondary N) is 1. The molecule has 0 bridgehead atoms. The third-order valence-electron chi connectivity index (χ3n) is 3.18. The lowest BCUT2D eigenvalue weighted by Gasteiger charge is -2.22. The average Bonchev–Trinajstić information content (AvgIpc) is 2.40. The van der Waals surface area contributed by atoms with Crippen LogP contribution in [0.1, 0.15) is 29.7 Å². The third kappa shape index (κ3) is 3.14. The molecule has 1 atom stereocenters. The van der Waals surface area contributed by atoms with E-state index in [1.165, 1.54) is 12.1 Å². The van der Waals surface area contributed by atoms with Gasteiger partial charge in [-0.2, -0.15) is 0 Å². The van der Waals surface area contributed by atoms with Gasteiger partial charge in [0.1, 0.15) is 5.82 Å². The summed E-state index contributed by atoms with van der Waals surface area (Å²) in [6.07, 6.45) is 0. The molecule has 2 aromatic carbocycles. The number of rotatable bonds is 4. The van der Waals surface area contributed by atoms with E-state index in [2.05, 4.69) is 5.32 Å². The quantitative estimate of drug-likeness (QED) is 0.868. The van der Waals surface area contributed by atoms with E-state index in [0.717, 1.165) is 23.2 Å². The van der Waals surface area contributed by atoms with Crippen molar-refractivity contribution in [1.82, 2.24) is 5.32 Å². The standard InChI is InChI=1S/C16H17ClFN/c1-3-19-16(13-7-5-4-6-11(13)2)14-10-12(18)8-9-15(14)17/h4-10,16,19H,3H2,1-2H3. The zero-order valence-corrected chi connectivity index (χ0v) is 11.8. The summed E-state index contributed by atoms with van der Waals surface area (Å²) in [5.41, 5.74) is 3.06. The van der Waals surface area contributed by atoms with Crippen molar-refractivity contribution in [2.75, 3.05) is 6.54 Å². The van der Waals surface area contributed by atoms with Crippen LogP contribution in [0.2, 0.25) is 5.02 Å². The molecule has 0 saturated heterocycles. The van der Waals surface area contributed by atoms with Crippen LogP contribution in [0.3, 0.4) is 0 Å². The van der Waals surface area contributed by atoms with Gasteiger partial charge in [-0.05, 0) is 48.4 Å². The molecule has 0 saturated carbocycles. The normalized spacial score (nSPS) is 12.4. The lowest BCUT2D eigenvalue weighted by Crippen LogP contribution is -2.23. The lowest BCUT2D eigenvalue weighted by molar-refractivity contribution is 0.602. The SMILES string of the molecule is CCNC(c1ccccc1C)c1cc(F)ccc1Cl. The van der Waals surface area contributed by atoms with Gasteiger partial charge in [-0.15, -0.1) is 0 Å². The molecule has 100 valence electrons. The Kier molecular flexibility index (Phi) is 4.56. The molecule has 0 aromatic heterocycles. The molecule has 2 aromatic rings. The first-order valence-corrected chi connectivity index (χ1v) is 6.75. The fourth-order valence-electron chi connectivity index (χ4n) is 2.24. The Morgan fingerprint density at radius 3 is 2.58 bits per heavy atom. The highest BCUT2D eigenvalue weighted by molar-refractivity contribution is 6.31. The molecule has 0 spiro atoms. The van der Waals surface area contributed by atoms with Crippen molar-refractivity contribution in [2.24, 2.45) is 0 Å². The van der Waals surface area contributed by atoms with Gasteiger partial charge in [0, 0.05) is 5.02 Å². The summed E-state index contributed by atoms with van der Waals surface area (Å²) in [7, 11) is 0. The van der Waals surface area contributed by atoms with Crippen molar-refractivity contribution in [1.29, 1.82) is 0 Å². The molecule has 0 aliphatic carbocycles. The van der Waals surface area contributed by atoms with Crippen molar-refractivity contribution in [2.45, 2.75) is 19.9 Å². The fraction of sp³-hybridized carbons (Fsp3) is 0.250. The Morgan fingerprint density at radius 1 is 1.16 bits per heavy atom. The number of hydrogen-bond acceptors (Lipinski definition) is 1. The minimum Gasteiger partial charge on any atom is -0.306 e. The van der Waals surface area contributed by atoms with Gasteiger partial charge in [-0.1, -0.05) is 42.8 Å². The van der Waals surface area contributed by atoms with Crippen molar-refractivity contribution >= 4 is 11.6 Å². The summed E-state index contributed by atoms with van der Waals surface area (Å²) in [5, 5.41) is 3.95. The van der Waals surface area contributed by atoms with Crippen molar-refractivity contribution in [3.05, 3.63) is 70.0 Å². The molecule has 0 aliphatic heterocycles. The zero-order valence-electron chi connectivity index (χ0n) is 11.1. The maximum absolute atomic E-state index is 13.5. The summed E-state index contributed by atoms with van der Waals surface area (Å²) in [6, 6.07) is 12.5. The Hall–Kier alpha value is -1.38. The molecule has 0 amide bonds. The third-order valence-corrected chi connectivity index (χ3v) is 3.52. The maximum atomic E-state index is 13.5. The van der Waals surface area contributed by atoms with Crippen LogP contribution in [0.4, 0.5) is 4.39 Å². The predicted molar refractivity (Wildman–Crippen MR) is 78.1 cm³/mol. The van der Waals surface area contributed by atoms with Gasteiger partial charge in [-0.25, -0.2) is 4.39 Å². The second-order valence-electron chi connectivity index (χ2n) is 4.51.